The summed E-state index contributed by atoms with van der Waals surface area (Å²) in [7, 11) is 0. The molecule has 0 unspecified atom stereocenters. The number of fused-ring (bicyclic) bond motifs is 1. The molecular formula is C17H19NOS. The molecular weight excluding hydrogens is 266 g/mol. The highest BCUT2D eigenvalue weighted by Gasteiger charge is 2.20. The number of ketones is 1. The van der Waals surface area contributed by atoms with Crippen molar-refractivity contribution in [1.82, 2.24) is 0 Å². The van der Waals surface area contributed by atoms with Gasteiger partial charge in [-0.1, -0.05) is 17.7 Å². The van der Waals surface area contributed by atoms with Crippen LogP contribution in [0.25, 0.3) is 0 Å². The van der Waals surface area contributed by atoms with E-state index < -0.39 is 0 Å². The maximum Gasteiger partial charge on any atom is 0.191 e. The van der Waals surface area contributed by atoms with Crippen molar-refractivity contribution in [2.24, 2.45) is 0 Å². The molecule has 0 saturated heterocycles. The van der Waals surface area contributed by atoms with Crippen molar-refractivity contribution in [3.63, 3.8) is 0 Å². The maximum absolute atomic E-state index is 12.4. The molecule has 20 heavy (non-hydrogen) atoms. The summed E-state index contributed by atoms with van der Waals surface area (Å²) in [6, 6.07) is 10.5. The molecule has 0 atom stereocenters. The monoisotopic (exact) mass is 285 g/mol. The van der Waals surface area contributed by atoms with Gasteiger partial charge in [-0.25, -0.2) is 0 Å². The Morgan fingerprint density at radius 2 is 2.10 bits per heavy atom. The number of hydrogen-bond donors (Lipinski definition) is 0. The number of hydrogen-bond acceptors (Lipinski definition) is 3. The van der Waals surface area contributed by atoms with Gasteiger partial charge in [0.05, 0.1) is 11.4 Å². The molecule has 1 aromatic heterocycles. The molecule has 0 N–H and O–H groups in total. The highest BCUT2D eigenvalue weighted by Crippen LogP contribution is 2.28. The first-order valence-corrected chi connectivity index (χ1v) is 7.89. The van der Waals surface area contributed by atoms with E-state index in [1.165, 1.54) is 21.7 Å². The van der Waals surface area contributed by atoms with Crippen LogP contribution in [-0.2, 0) is 6.42 Å². The van der Waals surface area contributed by atoms with Crippen LogP contribution in [0.1, 0.15) is 32.1 Å². The third kappa shape index (κ3) is 2.63. The van der Waals surface area contributed by atoms with Crippen LogP contribution in [0.5, 0.6) is 0 Å². The fourth-order valence-corrected chi connectivity index (χ4v) is 3.60. The molecule has 2 heterocycles. The number of carbonyl (C=O) groups excluding carboxylic acids is 1. The van der Waals surface area contributed by atoms with Crippen LogP contribution in [0, 0.1) is 13.8 Å². The molecule has 1 aliphatic heterocycles. The topological polar surface area (TPSA) is 20.3 Å². The van der Waals surface area contributed by atoms with E-state index >= 15 is 0 Å². The number of nitrogens with zero attached hydrogens (tertiary/aromatic N) is 1. The van der Waals surface area contributed by atoms with E-state index in [4.69, 9.17) is 0 Å². The van der Waals surface area contributed by atoms with Crippen LogP contribution < -0.4 is 4.90 Å². The zero-order valence-corrected chi connectivity index (χ0v) is 12.8. The Balaban J connectivity index is 1.81. The highest BCUT2D eigenvalue weighted by molar-refractivity contribution is 7.14. The number of rotatable bonds is 3. The first-order chi connectivity index (χ1) is 9.63. The first kappa shape index (κ1) is 13.4. The number of anilines is 1. The Hall–Kier alpha value is -1.61. The van der Waals surface area contributed by atoms with Gasteiger partial charge in [-0.2, -0.15) is 0 Å². The number of Topliss-reactive ketones (excluding diaryl/α,β-unsaturated/α-hetero) is 1. The lowest BCUT2D eigenvalue weighted by molar-refractivity contribution is 0.100. The second-order valence-corrected chi connectivity index (χ2v) is 6.78. The molecule has 1 aromatic carbocycles. The van der Waals surface area contributed by atoms with E-state index in [0.717, 1.165) is 24.3 Å². The molecule has 0 spiro atoms. The minimum atomic E-state index is 0.233. The zero-order valence-electron chi connectivity index (χ0n) is 12.0. The molecule has 0 fully saturated rings. The SMILES string of the molecule is Cc1ccc2c(c1)CCCN2CC(=O)c1ccc(C)s1. The van der Waals surface area contributed by atoms with E-state index in [-0.39, 0.29) is 5.78 Å². The second-order valence-electron chi connectivity index (χ2n) is 5.49. The fourth-order valence-electron chi connectivity index (χ4n) is 2.80. The van der Waals surface area contributed by atoms with Gasteiger partial charge < -0.3 is 4.90 Å². The minimum Gasteiger partial charge on any atom is -0.364 e. The van der Waals surface area contributed by atoms with Crippen LogP contribution in [-0.4, -0.2) is 18.9 Å². The van der Waals surface area contributed by atoms with Gasteiger partial charge in [-0.3, -0.25) is 4.79 Å². The smallest absolute Gasteiger partial charge is 0.191 e. The second kappa shape index (κ2) is 5.41. The van der Waals surface area contributed by atoms with Crippen LogP contribution >= 0.6 is 11.3 Å². The summed E-state index contributed by atoms with van der Waals surface area (Å²) in [5.74, 6) is 0.233. The molecule has 104 valence electrons. The van der Waals surface area contributed by atoms with E-state index in [1.54, 1.807) is 11.3 Å². The van der Waals surface area contributed by atoms with Crippen molar-refractivity contribution >= 4 is 22.8 Å². The summed E-state index contributed by atoms with van der Waals surface area (Å²) >= 11 is 1.59. The lowest BCUT2D eigenvalue weighted by Gasteiger charge is -2.30. The van der Waals surface area contributed by atoms with Crippen LogP contribution in [0.3, 0.4) is 0 Å². The number of aryl methyl sites for hydroxylation is 3. The van der Waals surface area contributed by atoms with E-state index in [0.29, 0.717) is 6.54 Å². The Labute approximate surface area is 124 Å². The summed E-state index contributed by atoms with van der Waals surface area (Å²) in [5, 5.41) is 0. The van der Waals surface area contributed by atoms with Gasteiger partial charge in [0.2, 0.25) is 0 Å². The summed E-state index contributed by atoms with van der Waals surface area (Å²) in [4.78, 5) is 16.7. The highest BCUT2D eigenvalue weighted by atomic mass is 32.1. The van der Waals surface area contributed by atoms with E-state index in [1.807, 2.05) is 19.1 Å². The lowest BCUT2D eigenvalue weighted by atomic mass is 9.99. The molecule has 1 aliphatic rings. The first-order valence-electron chi connectivity index (χ1n) is 7.07. The summed E-state index contributed by atoms with van der Waals surface area (Å²) in [6.45, 7) is 5.64. The van der Waals surface area contributed by atoms with E-state index in [9.17, 15) is 4.79 Å². The number of benzene rings is 1. The number of carbonyl (C=O) groups is 1. The Morgan fingerprint density at radius 1 is 1.25 bits per heavy atom. The Bertz CT molecular complexity index is 644. The van der Waals surface area contributed by atoms with Gasteiger partial charge in [0.25, 0.3) is 0 Å². The van der Waals surface area contributed by atoms with Crippen molar-refractivity contribution in [3.8, 4) is 0 Å². The molecule has 0 bridgehead atoms. The minimum absolute atomic E-state index is 0.233. The van der Waals surface area contributed by atoms with E-state index in [2.05, 4.69) is 30.0 Å². The fraction of sp³-hybridized carbons (Fsp3) is 0.353. The summed E-state index contributed by atoms with van der Waals surface area (Å²) in [6.07, 6.45) is 2.26. The summed E-state index contributed by atoms with van der Waals surface area (Å²) in [5.41, 5.74) is 3.92. The normalized spacial score (nSPS) is 14.2. The maximum atomic E-state index is 12.4. The predicted octanol–water partition coefficient (Wildman–Crippen LogP) is 4.00. The van der Waals surface area contributed by atoms with Crippen LogP contribution in [0.4, 0.5) is 5.69 Å². The van der Waals surface area contributed by atoms with Crippen LogP contribution in [0.15, 0.2) is 30.3 Å². The van der Waals surface area contributed by atoms with Crippen molar-refractivity contribution < 1.29 is 4.79 Å². The quantitative estimate of drug-likeness (QED) is 0.794. The van der Waals surface area contributed by atoms with Crippen LogP contribution in [0.2, 0.25) is 0 Å². The standard InChI is InChI=1S/C17H19NOS/c1-12-5-7-15-14(10-12)4-3-9-18(15)11-16(19)17-8-6-13(2)20-17/h5-8,10H,3-4,9,11H2,1-2H3. The van der Waals surface area contributed by atoms with Crippen molar-refractivity contribution in [2.75, 3.05) is 18.0 Å². The zero-order chi connectivity index (χ0) is 14.1. The molecule has 0 aliphatic carbocycles. The largest absolute Gasteiger partial charge is 0.364 e. The lowest BCUT2D eigenvalue weighted by Crippen LogP contribution is -2.34. The average Bonchev–Trinajstić information content (AvgIpc) is 2.85. The van der Waals surface area contributed by atoms with Crippen molar-refractivity contribution in [2.45, 2.75) is 26.7 Å². The molecule has 3 heteroatoms. The van der Waals surface area contributed by atoms with Gasteiger partial charge in [0.15, 0.2) is 5.78 Å². The molecule has 3 rings (SSSR count). The van der Waals surface area contributed by atoms with Gasteiger partial charge in [-0.05, 0) is 50.5 Å². The van der Waals surface area contributed by atoms with Gasteiger partial charge in [-0.15, -0.1) is 11.3 Å². The molecule has 2 aromatic rings. The average molecular weight is 285 g/mol. The van der Waals surface area contributed by atoms with Gasteiger partial charge in [0.1, 0.15) is 0 Å². The van der Waals surface area contributed by atoms with Crippen molar-refractivity contribution in [1.29, 1.82) is 0 Å². The van der Waals surface area contributed by atoms with Gasteiger partial charge >= 0.3 is 0 Å². The Kier molecular flexibility index (Phi) is 3.62. The molecule has 0 saturated carbocycles. The molecule has 2 nitrogen and oxygen atoms in total. The van der Waals surface area contributed by atoms with Gasteiger partial charge in [0, 0.05) is 17.1 Å². The Morgan fingerprint density at radius 3 is 2.85 bits per heavy atom. The third-order valence-corrected chi connectivity index (χ3v) is 4.84. The molecule has 0 radical (unpaired) electrons. The number of thiophene rings is 1. The molecule has 0 amide bonds. The van der Waals surface area contributed by atoms with Crippen molar-refractivity contribution in [3.05, 3.63) is 51.2 Å². The third-order valence-electron chi connectivity index (χ3n) is 3.80. The predicted molar refractivity (Wildman–Crippen MR) is 85.1 cm³/mol. The summed E-state index contributed by atoms with van der Waals surface area (Å²) < 4.78 is 0.